The molecule has 0 saturated heterocycles. The van der Waals surface area contributed by atoms with Crippen LogP contribution in [0.15, 0.2) is 60.7 Å². The fraction of sp³-hybridized carbons (Fsp3) is 0.154. The highest BCUT2D eigenvalue weighted by Crippen LogP contribution is 2.38. The topological polar surface area (TPSA) is 85.5 Å². The summed E-state index contributed by atoms with van der Waals surface area (Å²) in [6.07, 6.45) is 3.42. The summed E-state index contributed by atoms with van der Waals surface area (Å²) < 4.78 is 29.9. The van der Waals surface area contributed by atoms with Gasteiger partial charge in [0.25, 0.3) is 0 Å². The lowest BCUT2D eigenvalue weighted by atomic mass is 10.1. The molecule has 0 unspecified atom stereocenters. The molecular weight excluding hydrogens is 437 g/mol. The van der Waals surface area contributed by atoms with Gasteiger partial charge in [-0.3, -0.25) is 4.79 Å². The zero-order valence-corrected chi connectivity index (χ0v) is 19.0. The zero-order valence-electron chi connectivity index (χ0n) is 19.0. The van der Waals surface area contributed by atoms with E-state index in [1.54, 1.807) is 54.6 Å². The molecule has 34 heavy (non-hydrogen) atoms. The number of aromatic nitrogens is 2. The number of ether oxygens (including phenoxy) is 3. The molecule has 1 aromatic heterocycles. The number of anilines is 1. The maximum absolute atomic E-state index is 13.9. The summed E-state index contributed by atoms with van der Waals surface area (Å²) in [7, 11) is 4.60. The number of nitrogens with one attached hydrogen (secondary N) is 2. The fourth-order valence-electron chi connectivity index (χ4n) is 3.60. The number of halogens is 1. The summed E-state index contributed by atoms with van der Waals surface area (Å²) in [6, 6.07) is 15.5. The Labute approximate surface area is 196 Å². The standard InChI is InChI=1S/C26H24FN3O4/c1-32-22-12-16(13-23(33-2)26(22)34-3)8-11-25(31)28-18-9-10-20-21(15-18)30-24(29-20)14-17-6-4-5-7-19(17)27/h4-13,15H,14H2,1-3H3,(H,28,31)(H,29,30). The normalized spacial score (nSPS) is 11.1. The number of aromatic amines is 1. The van der Waals surface area contributed by atoms with E-state index in [9.17, 15) is 9.18 Å². The maximum Gasteiger partial charge on any atom is 0.248 e. The number of benzene rings is 3. The smallest absolute Gasteiger partial charge is 0.248 e. The molecule has 3 aromatic carbocycles. The highest BCUT2D eigenvalue weighted by atomic mass is 19.1. The number of amides is 1. The molecule has 4 aromatic rings. The van der Waals surface area contributed by atoms with Crippen molar-refractivity contribution in [1.29, 1.82) is 0 Å². The number of hydrogen-bond donors (Lipinski definition) is 2. The van der Waals surface area contributed by atoms with Crippen LogP contribution in [0.5, 0.6) is 17.2 Å². The molecule has 4 rings (SSSR count). The Morgan fingerprint density at radius 3 is 2.44 bits per heavy atom. The minimum atomic E-state index is -0.306. The second-order valence-corrected chi connectivity index (χ2v) is 7.46. The Morgan fingerprint density at radius 2 is 1.76 bits per heavy atom. The number of carbonyl (C=O) groups is 1. The molecule has 7 nitrogen and oxygen atoms in total. The summed E-state index contributed by atoms with van der Waals surface area (Å²) in [5.74, 6) is 1.55. The number of methoxy groups -OCH3 is 3. The van der Waals surface area contributed by atoms with Crippen LogP contribution in [0.25, 0.3) is 17.1 Å². The first-order chi connectivity index (χ1) is 16.5. The van der Waals surface area contributed by atoms with Gasteiger partial charge in [-0.2, -0.15) is 0 Å². The van der Waals surface area contributed by atoms with Crippen molar-refractivity contribution in [2.75, 3.05) is 26.6 Å². The van der Waals surface area contributed by atoms with Crippen molar-refractivity contribution in [2.24, 2.45) is 0 Å². The van der Waals surface area contributed by atoms with Gasteiger partial charge >= 0.3 is 0 Å². The first-order valence-corrected chi connectivity index (χ1v) is 10.5. The monoisotopic (exact) mass is 461 g/mol. The van der Waals surface area contributed by atoms with Gasteiger partial charge in [-0.1, -0.05) is 18.2 Å². The van der Waals surface area contributed by atoms with Gasteiger partial charge in [-0.05, 0) is 53.6 Å². The maximum atomic E-state index is 13.9. The van der Waals surface area contributed by atoms with E-state index in [1.165, 1.54) is 33.5 Å². The van der Waals surface area contributed by atoms with Crippen molar-refractivity contribution in [3.8, 4) is 17.2 Å². The predicted molar refractivity (Wildman–Crippen MR) is 129 cm³/mol. The number of rotatable bonds is 8. The molecule has 8 heteroatoms. The molecule has 0 aliphatic rings. The van der Waals surface area contributed by atoms with Gasteiger partial charge in [0.15, 0.2) is 11.5 Å². The lowest BCUT2D eigenvalue weighted by Gasteiger charge is -2.12. The van der Waals surface area contributed by atoms with E-state index in [2.05, 4.69) is 15.3 Å². The van der Waals surface area contributed by atoms with Crippen molar-refractivity contribution in [2.45, 2.75) is 6.42 Å². The van der Waals surface area contributed by atoms with Gasteiger partial charge in [-0.15, -0.1) is 0 Å². The Morgan fingerprint density at radius 1 is 1.03 bits per heavy atom. The van der Waals surface area contributed by atoms with Gasteiger partial charge in [0.1, 0.15) is 11.6 Å². The quantitative estimate of drug-likeness (QED) is 0.362. The van der Waals surface area contributed by atoms with Gasteiger partial charge in [0, 0.05) is 18.2 Å². The first kappa shape index (κ1) is 22.8. The SMILES string of the molecule is COc1cc(C=CC(=O)Nc2ccc3nc(Cc4ccccc4F)[nH]c3c2)cc(OC)c1OC. The Balaban J connectivity index is 1.48. The molecule has 0 spiro atoms. The van der Waals surface area contributed by atoms with E-state index in [-0.39, 0.29) is 11.7 Å². The predicted octanol–water partition coefficient (Wildman–Crippen LogP) is 4.97. The number of H-pyrrole nitrogens is 1. The van der Waals surface area contributed by atoms with E-state index in [1.807, 2.05) is 0 Å². The van der Waals surface area contributed by atoms with Crippen molar-refractivity contribution in [3.63, 3.8) is 0 Å². The molecule has 174 valence electrons. The minimum absolute atomic E-state index is 0.269. The number of imidazole rings is 1. The molecule has 0 atom stereocenters. The zero-order chi connectivity index (χ0) is 24.1. The van der Waals surface area contributed by atoms with Crippen molar-refractivity contribution < 1.29 is 23.4 Å². The Bertz CT molecular complexity index is 1340. The second-order valence-electron chi connectivity index (χ2n) is 7.46. The molecule has 0 aliphatic carbocycles. The van der Waals surface area contributed by atoms with Crippen LogP contribution in [0.1, 0.15) is 17.0 Å². The lowest BCUT2D eigenvalue weighted by Crippen LogP contribution is -2.07. The van der Waals surface area contributed by atoms with E-state index in [0.29, 0.717) is 46.3 Å². The van der Waals surface area contributed by atoms with Gasteiger partial charge in [0.05, 0.1) is 32.4 Å². The molecule has 0 saturated carbocycles. The van der Waals surface area contributed by atoms with Crippen LogP contribution >= 0.6 is 0 Å². The van der Waals surface area contributed by atoms with E-state index >= 15 is 0 Å². The Kier molecular flexibility index (Phi) is 6.77. The van der Waals surface area contributed by atoms with Crippen molar-refractivity contribution in [1.82, 2.24) is 9.97 Å². The molecule has 0 fully saturated rings. The molecule has 2 N–H and O–H groups in total. The molecule has 0 radical (unpaired) electrons. The van der Waals surface area contributed by atoms with Crippen LogP contribution in [0.4, 0.5) is 10.1 Å². The third-order valence-corrected chi connectivity index (χ3v) is 5.23. The van der Waals surface area contributed by atoms with Gasteiger partial charge < -0.3 is 24.5 Å². The average Bonchev–Trinajstić information content (AvgIpc) is 3.25. The van der Waals surface area contributed by atoms with E-state index < -0.39 is 0 Å². The molecule has 0 bridgehead atoms. The second kappa shape index (κ2) is 10.1. The highest BCUT2D eigenvalue weighted by molar-refractivity contribution is 6.02. The van der Waals surface area contributed by atoms with Crippen LogP contribution in [-0.2, 0) is 11.2 Å². The van der Waals surface area contributed by atoms with Crippen LogP contribution in [0.3, 0.4) is 0 Å². The third-order valence-electron chi connectivity index (χ3n) is 5.23. The van der Waals surface area contributed by atoms with E-state index in [4.69, 9.17) is 14.2 Å². The van der Waals surface area contributed by atoms with Crippen LogP contribution < -0.4 is 19.5 Å². The molecule has 0 aliphatic heterocycles. The van der Waals surface area contributed by atoms with Crippen LogP contribution in [-0.4, -0.2) is 37.2 Å². The largest absolute Gasteiger partial charge is 0.493 e. The van der Waals surface area contributed by atoms with Gasteiger partial charge in [-0.25, -0.2) is 9.37 Å². The summed E-state index contributed by atoms with van der Waals surface area (Å²) in [5.41, 5.74) is 3.36. The van der Waals surface area contributed by atoms with Crippen molar-refractivity contribution in [3.05, 3.63) is 83.4 Å². The molecule has 1 heterocycles. The van der Waals surface area contributed by atoms with Crippen LogP contribution in [0, 0.1) is 5.82 Å². The highest BCUT2D eigenvalue weighted by Gasteiger charge is 2.12. The average molecular weight is 461 g/mol. The summed E-state index contributed by atoms with van der Waals surface area (Å²) in [6.45, 7) is 0. The summed E-state index contributed by atoms with van der Waals surface area (Å²) >= 11 is 0. The molecular formula is C26H24FN3O4. The molecule has 1 amide bonds. The van der Waals surface area contributed by atoms with E-state index in [0.717, 1.165) is 11.0 Å². The fourth-order valence-corrected chi connectivity index (χ4v) is 3.60. The minimum Gasteiger partial charge on any atom is -0.493 e. The van der Waals surface area contributed by atoms with Crippen molar-refractivity contribution >= 4 is 28.7 Å². The summed E-state index contributed by atoms with van der Waals surface area (Å²) in [5, 5.41) is 2.83. The number of carbonyl (C=O) groups excluding carboxylic acids is 1. The lowest BCUT2D eigenvalue weighted by molar-refractivity contribution is -0.111. The number of hydrogen-bond acceptors (Lipinski definition) is 5. The third kappa shape index (κ3) is 5.01. The number of nitrogens with zero attached hydrogens (tertiary/aromatic N) is 1. The summed E-state index contributed by atoms with van der Waals surface area (Å²) in [4.78, 5) is 20.2. The van der Waals surface area contributed by atoms with Gasteiger partial charge in [0.2, 0.25) is 11.7 Å². The Hall–Kier alpha value is -4.33. The first-order valence-electron chi connectivity index (χ1n) is 10.5. The number of fused-ring (bicyclic) bond motifs is 1. The van der Waals surface area contributed by atoms with Crippen LogP contribution in [0.2, 0.25) is 0 Å².